The molecular formula is C13H18N4OS2. The Morgan fingerprint density at radius 2 is 2.05 bits per heavy atom. The minimum atomic E-state index is 0.374. The van der Waals surface area contributed by atoms with Crippen LogP contribution in [0.15, 0.2) is 5.38 Å². The number of aromatic nitrogens is 2. The highest BCUT2D eigenvalue weighted by atomic mass is 32.1. The summed E-state index contributed by atoms with van der Waals surface area (Å²) in [5.41, 5.74) is 7.82. The van der Waals surface area contributed by atoms with Crippen LogP contribution in [-0.2, 0) is 4.74 Å². The van der Waals surface area contributed by atoms with Crippen molar-refractivity contribution in [2.24, 2.45) is 0 Å². The molecule has 1 fully saturated rings. The first-order valence-corrected chi connectivity index (χ1v) is 8.39. The van der Waals surface area contributed by atoms with Gasteiger partial charge in [0.1, 0.15) is 0 Å². The third-order valence-electron chi connectivity index (χ3n) is 3.23. The highest BCUT2D eigenvalue weighted by molar-refractivity contribution is 7.19. The molecule has 20 heavy (non-hydrogen) atoms. The average molecular weight is 310 g/mol. The molecular weight excluding hydrogens is 292 g/mol. The lowest BCUT2D eigenvalue weighted by Crippen LogP contribution is -2.36. The molecule has 0 amide bonds. The molecule has 2 N–H and O–H groups in total. The third-order valence-corrected chi connectivity index (χ3v) is 5.05. The molecule has 1 aliphatic rings. The number of anilines is 2. The first-order chi connectivity index (χ1) is 9.65. The van der Waals surface area contributed by atoms with Crippen LogP contribution in [0.5, 0.6) is 0 Å². The Bertz CT molecular complexity index is 587. The number of thiazole rings is 2. The minimum absolute atomic E-state index is 0.374. The summed E-state index contributed by atoms with van der Waals surface area (Å²) in [6.07, 6.45) is 0. The molecule has 3 rings (SSSR count). The highest BCUT2D eigenvalue weighted by Gasteiger charge is 2.22. The lowest BCUT2D eigenvalue weighted by Gasteiger charge is -2.26. The topological polar surface area (TPSA) is 64.3 Å². The molecule has 0 radical (unpaired) electrons. The zero-order valence-corrected chi connectivity index (χ0v) is 13.3. The fraction of sp³-hybridized carbons (Fsp3) is 0.538. The van der Waals surface area contributed by atoms with Crippen LogP contribution in [0.4, 0.5) is 10.3 Å². The Balaban J connectivity index is 1.97. The van der Waals surface area contributed by atoms with Crippen molar-refractivity contribution in [2.75, 3.05) is 36.9 Å². The van der Waals surface area contributed by atoms with E-state index in [1.54, 1.807) is 11.3 Å². The second kappa shape index (κ2) is 5.67. The van der Waals surface area contributed by atoms with E-state index in [0.717, 1.165) is 47.7 Å². The van der Waals surface area contributed by atoms with E-state index in [9.17, 15) is 0 Å². The van der Waals surface area contributed by atoms with Crippen LogP contribution in [0.1, 0.15) is 25.5 Å². The largest absolute Gasteiger partial charge is 0.378 e. The second-order valence-corrected chi connectivity index (χ2v) is 6.90. The number of ether oxygens (including phenoxy) is 1. The quantitative estimate of drug-likeness (QED) is 0.944. The zero-order valence-electron chi connectivity index (χ0n) is 11.6. The third kappa shape index (κ3) is 2.65. The summed E-state index contributed by atoms with van der Waals surface area (Å²) in [5.74, 6) is 0.374. The van der Waals surface area contributed by atoms with E-state index in [-0.39, 0.29) is 0 Å². The first kappa shape index (κ1) is 13.8. The van der Waals surface area contributed by atoms with Gasteiger partial charge in [-0.2, -0.15) is 0 Å². The van der Waals surface area contributed by atoms with Crippen LogP contribution in [0, 0.1) is 0 Å². The summed E-state index contributed by atoms with van der Waals surface area (Å²) in [5, 5.41) is 3.69. The molecule has 0 bridgehead atoms. The van der Waals surface area contributed by atoms with Crippen molar-refractivity contribution in [1.29, 1.82) is 0 Å². The molecule has 0 atom stereocenters. The number of nitrogens with zero attached hydrogens (tertiary/aromatic N) is 3. The Kier molecular flexibility index (Phi) is 3.91. The standard InChI is InChI=1S/C13H18N4OS2/c1-8(2)10-11(9-7-19-12(14)15-9)20-13(16-10)17-3-5-18-6-4-17/h7-8H,3-6H2,1-2H3,(H2,14,15). The van der Waals surface area contributed by atoms with Crippen molar-refractivity contribution in [3.05, 3.63) is 11.1 Å². The van der Waals surface area contributed by atoms with Crippen LogP contribution in [-0.4, -0.2) is 36.3 Å². The zero-order chi connectivity index (χ0) is 14.1. The van der Waals surface area contributed by atoms with Crippen LogP contribution < -0.4 is 10.6 Å². The Labute approximate surface area is 126 Å². The van der Waals surface area contributed by atoms with Crippen molar-refractivity contribution < 1.29 is 4.74 Å². The summed E-state index contributed by atoms with van der Waals surface area (Å²) in [6, 6.07) is 0. The van der Waals surface area contributed by atoms with Crippen molar-refractivity contribution >= 4 is 32.9 Å². The maximum Gasteiger partial charge on any atom is 0.186 e. The minimum Gasteiger partial charge on any atom is -0.378 e. The Hall–Kier alpha value is -1.18. The fourth-order valence-corrected chi connectivity index (χ4v) is 4.04. The van der Waals surface area contributed by atoms with Crippen molar-refractivity contribution in [3.63, 3.8) is 0 Å². The predicted molar refractivity (Wildman–Crippen MR) is 84.8 cm³/mol. The summed E-state index contributed by atoms with van der Waals surface area (Å²) >= 11 is 3.19. The van der Waals surface area contributed by atoms with Gasteiger partial charge in [-0.05, 0) is 5.92 Å². The van der Waals surface area contributed by atoms with Gasteiger partial charge in [-0.15, -0.1) is 11.3 Å². The number of rotatable bonds is 3. The van der Waals surface area contributed by atoms with Crippen molar-refractivity contribution in [1.82, 2.24) is 9.97 Å². The number of morpholine rings is 1. The number of hydrogen-bond acceptors (Lipinski definition) is 7. The number of nitrogen functional groups attached to an aromatic ring is 1. The van der Waals surface area contributed by atoms with E-state index < -0.39 is 0 Å². The SMILES string of the molecule is CC(C)c1nc(N2CCOCC2)sc1-c1csc(N)n1. The molecule has 0 spiro atoms. The van der Waals surface area contributed by atoms with E-state index in [2.05, 4.69) is 23.7 Å². The van der Waals surface area contributed by atoms with Crippen molar-refractivity contribution in [2.45, 2.75) is 19.8 Å². The molecule has 1 aliphatic heterocycles. The van der Waals surface area contributed by atoms with Gasteiger partial charge in [-0.3, -0.25) is 0 Å². The van der Waals surface area contributed by atoms with Crippen LogP contribution in [0.2, 0.25) is 0 Å². The van der Waals surface area contributed by atoms with E-state index in [1.807, 2.05) is 5.38 Å². The summed E-state index contributed by atoms with van der Waals surface area (Å²) in [4.78, 5) is 12.7. The first-order valence-electron chi connectivity index (χ1n) is 6.70. The summed E-state index contributed by atoms with van der Waals surface area (Å²) < 4.78 is 5.40. The van der Waals surface area contributed by atoms with E-state index in [4.69, 9.17) is 15.5 Å². The number of nitrogens with two attached hydrogens (primary N) is 1. The second-order valence-electron chi connectivity index (χ2n) is 5.04. The van der Waals surface area contributed by atoms with E-state index in [0.29, 0.717) is 11.0 Å². The van der Waals surface area contributed by atoms with Gasteiger partial charge in [-0.25, -0.2) is 9.97 Å². The van der Waals surface area contributed by atoms with Gasteiger partial charge in [0, 0.05) is 18.5 Å². The van der Waals surface area contributed by atoms with Gasteiger partial charge >= 0.3 is 0 Å². The average Bonchev–Trinajstić information content (AvgIpc) is 3.05. The molecule has 0 aromatic carbocycles. The maximum atomic E-state index is 5.76. The van der Waals surface area contributed by atoms with Crippen LogP contribution in [0.25, 0.3) is 10.6 Å². The van der Waals surface area contributed by atoms with Gasteiger partial charge in [0.15, 0.2) is 10.3 Å². The predicted octanol–water partition coefficient (Wildman–Crippen LogP) is 2.81. The molecule has 2 aromatic rings. The van der Waals surface area contributed by atoms with Gasteiger partial charge in [0.25, 0.3) is 0 Å². The Morgan fingerprint density at radius 1 is 1.30 bits per heavy atom. The molecule has 3 heterocycles. The van der Waals surface area contributed by atoms with Crippen LogP contribution >= 0.6 is 22.7 Å². The van der Waals surface area contributed by atoms with Gasteiger partial charge in [-0.1, -0.05) is 25.2 Å². The van der Waals surface area contributed by atoms with Crippen molar-refractivity contribution in [3.8, 4) is 10.6 Å². The highest BCUT2D eigenvalue weighted by Crippen LogP contribution is 2.39. The van der Waals surface area contributed by atoms with Gasteiger partial charge < -0.3 is 15.4 Å². The number of hydrogen-bond donors (Lipinski definition) is 1. The molecule has 0 unspecified atom stereocenters. The molecule has 7 heteroatoms. The monoisotopic (exact) mass is 310 g/mol. The van der Waals surface area contributed by atoms with E-state index in [1.165, 1.54) is 11.3 Å². The lowest BCUT2D eigenvalue weighted by molar-refractivity contribution is 0.122. The molecule has 108 valence electrons. The molecule has 0 aliphatic carbocycles. The normalized spacial score (nSPS) is 16.1. The summed E-state index contributed by atoms with van der Waals surface area (Å²) in [7, 11) is 0. The van der Waals surface area contributed by atoms with Crippen LogP contribution in [0.3, 0.4) is 0 Å². The lowest BCUT2D eigenvalue weighted by atomic mass is 10.1. The summed E-state index contributed by atoms with van der Waals surface area (Å²) in [6.45, 7) is 7.69. The molecule has 1 saturated heterocycles. The molecule has 5 nitrogen and oxygen atoms in total. The fourth-order valence-electron chi connectivity index (χ4n) is 2.18. The van der Waals surface area contributed by atoms with Gasteiger partial charge in [0.05, 0.1) is 29.5 Å². The molecule has 2 aromatic heterocycles. The molecule has 0 saturated carbocycles. The Morgan fingerprint density at radius 3 is 2.65 bits per heavy atom. The van der Waals surface area contributed by atoms with E-state index >= 15 is 0 Å². The van der Waals surface area contributed by atoms with Gasteiger partial charge in [0.2, 0.25) is 0 Å². The smallest absolute Gasteiger partial charge is 0.186 e. The maximum absolute atomic E-state index is 5.76.